The molecule has 36 heavy (non-hydrogen) atoms. The number of hydrogen-bond acceptors (Lipinski definition) is 8. The minimum absolute atomic E-state index is 0.215. The van der Waals surface area contributed by atoms with Gasteiger partial charge in [0.25, 0.3) is 5.91 Å². The number of aryl methyl sites for hydroxylation is 1. The molecule has 0 atom stereocenters. The van der Waals surface area contributed by atoms with Crippen LogP contribution in [0.4, 0.5) is 0 Å². The first kappa shape index (κ1) is 26.4. The minimum atomic E-state index is -0.619. The van der Waals surface area contributed by atoms with Crippen LogP contribution in [0.2, 0.25) is 5.02 Å². The number of nitrogens with one attached hydrogen (secondary N) is 1. The third kappa shape index (κ3) is 6.89. The van der Waals surface area contributed by atoms with E-state index in [-0.39, 0.29) is 17.9 Å². The van der Waals surface area contributed by atoms with Gasteiger partial charge in [0.2, 0.25) is 5.75 Å². The second-order valence-electron chi connectivity index (χ2n) is 7.37. The van der Waals surface area contributed by atoms with Crippen molar-refractivity contribution in [1.82, 2.24) is 5.43 Å². The predicted molar refractivity (Wildman–Crippen MR) is 135 cm³/mol. The molecule has 1 N–H and O–H groups in total. The van der Waals surface area contributed by atoms with E-state index in [1.54, 1.807) is 42.5 Å². The van der Waals surface area contributed by atoms with Crippen molar-refractivity contribution in [2.75, 3.05) is 27.9 Å². The smallest absolute Gasteiger partial charge is 0.343 e. The van der Waals surface area contributed by atoms with Crippen molar-refractivity contribution in [3.05, 3.63) is 76.3 Å². The van der Waals surface area contributed by atoms with Crippen molar-refractivity contribution in [1.29, 1.82) is 0 Å². The Balaban J connectivity index is 1.60. The number of esters is 1. The van der Waals surface area contributed by atoms with E-state index >= 15 is 0 Å². The molecule has 0 aliphatic carbocycles. The van der Waals surface area contributed by atoms with Crippen LogP contribution in [0.5, 0.6) is 28.7 Å². The number of halogens is 1. The molecule has 3 aromatic rings. The first-order chi connectivity index (χ1) is 17.3. The molecule has 10 heteroatoms. The van der Waals surface area contributed by atoms with Gasteiger partial charge in [-0.1, -0.05) is 23.7 Å². The Bertz CT molecular complexity index is 1250. The number of carbonyl (C=O) groups excluding carboxylic acids is 2. The number of methoxy groups -OCH3 is 3. The second kappa shape index (κ2) is 12.5. The number of amides is 1. The van der Waals surface area contributed by atoms with Crippen LogP contribution < -0.4 is 29.1 Å². The summed E-state index contributed by atoms with van der Waals surface area (Å²) in [5, 5.41) is 4.51. The molecule has 0 spiro atoms. The van der Waals surface area contributed by atoms with Gasteiger partial charge >= 0.3 is 5.97 Å². The van der Waals surface area contributed by atoms with E-state index in [2.05, 4.69) is 10.5 Å². The van der Waals surface area contributed by atoms with Crippen LogP contribution in [0.25, 0.3) is 0 Å². The Morgan fingerprint density at radius 2 is 1.67 bits per heavy atom. The first-order valence-corrected chi connectivity index (χ1v) is 11.1. The molecule has 0 saturated heterocycles. The van der Waals surface area contributed by atoms with Gasteiger partial charge in [0.05, 0.1) is 33.1 Å². The summed E-state index contributed by atoms with van der Waals surface area (Å²) in [4.78, 5) is 24.7. The van der Waals surface area contributed by atoms with E-state index < -0.39 is 11.9 Å². The molecule has 188 valence electrons. The maximum absolute atomic E-state index is 12.7. The molecule has 0 bridgehead atoms. The molecule has 1 amide bonds. The van der Waals surface area contributed by atoms with Gasteiger partial charge in [-0.15, -0.1) is 0 Å². The molecule has 0 aromatic heterocycles. The van der Waals surface area contributed by atoms with Crippen molar-refractivity contribution in [2.45, 2.75) is 6.92 Å². The molecule has 0 saturated carbocycles. The molecular formula is C26H25ClN2O7. The summed E-state index contributed by atoms with van der Waals surface area (Å²) >= 11 is 5.92. The van der Waals surface area contributed by atoms with Crippen molar-refractivity contribution in [3.8, 4) is 28.7 Å². The summed E-state index contributed by atoms with van der Waals surface area (Å²) in [5.41, 5.74) is 4.01. The number of nitrogens with zero attached hydrogens (tertiary/aromatic N) is 1. The fourth-order valence-corrected chi connectivity index (χ4v) is 3.38. The van der Waals surface area contributed by atoms with Crippen LogP contribution in [-0.4, -0.2) is 46.0 Å². The van der Waals surface area contributed by atoms with E-state index in [0.717, 1.165) is 5.56 Å². The molecule has 9 nitrogen and oxygen atoms in total. The Labute approximate surface area is 213 Å². The molecule has 0 heterocycles. The van der Waals surface area contributed by atoms with Crippen LogP contribution in [0.1, 0.15) is 21.5 Å². The van der Waals surface area contributed by atoms with E-state index in [1.165, 1.54) is 39.7 Å². The average molecular weight is 513 g/mol. The van der Waals surface area contributed by atoms with Crippen LogP contribution >= 0.6 is 11.6 Å². The Morgan fingerprint density at radius 3 is 2.31 bits per heavy atom. The molecule has 3 aromatic carbocycles. The third-order valence-electron chi connectivity index (χ3n) is 4.87. The van der Waals surface area contributed by atoms with Crippen molar-refractivity contribution in [2.24, 2.45) is 5.10 Å². The number of benzene rings is 3. The fraction of sp³-hybridized carbons (Fsp3) is 0.192. The van der Waals surface area contributed by atoms with Gasteiger partial charge in [0.1, 0.15) is 11.5 Å². The first-order valence-electron chi connectivity index (χ1n) is 10.7. The highest BCUT2D eigenvalue weighted by molar-refractivity contribution is 6.30. The van der Waals surface area contributed by atoms with Crippen LogP contribution in [-0.2, 0) is 4.79 Å². The normalized spacial score (nSPS) is 10.6. The van der Waals surface area contributed by atoms with Gasteiger partial charge in [-0.2, -0.15) is 5.10 Å². The Kier molecular flexibility index (Phi) is 9.13. The predicted octanol–water partition coefficient (Wildman–Crippen LogP) is 4.42. The lowest BCUT2D eigenvalue weighted by Crippen LogP contribution is -2.24. The summed E-state index contributed by atoms with van der Waals surface area (Å²) in [6.07, 6.45) is 1.42. The zero-order chi connectivity index (χ0) is 26.1. The van der Waals surface area contributed by atoms with E-state index in [1.807, 2.05) is 6.92 Å². The number of hydrazone groups is 1. The summed E-state index contributed by atoms with van der Waals surface area (Å²) in [7, 11) is 4.39. The number of carbonyl (C=O) groups is 2. The Hall–Kier alpha value is -4.24. The lowest BCUT2D eigenvalue weighted by molar-refractivity contribution is -0.123. The van der Waals surface area contributed by atoms with Gasteiger partial charge < -0.3 is 23.7 Å². The van der Waals surface area contributed by atoms with E-state index in [9.17, 15) is 9.59 Å². The van der Waals surface area contributed by atoms with Crippen LogP contribution in [0, 0.1) is 6.92 Å². The zero-order valence-electron chi connectivity index (χ0n) is 20.2. The molecular weight excluding hydrogens is 488 g/mol. The second-order valence-corrected chi connectivity index (χ2v) is 7.80. The van der Waals surface area contributed by atoms with Gasteiger partial charge in [-0.05, 0) is 60.5 Å². The molecule has 0 fully saturated rings. The van der Waals surface area contributed by atoms with E-state index in [4.69, 9.17) is 35.3 Å². The largest absolute Gasteiger partial charge is 0.493 e. The molecule has 0 unspecified atom stereocenters. The summed E-state index contributed by atoms with van der Waals surface area (Å²) in [6.45, 7) is 1.62. The summed E-state index contributed by atoms with van der Waals surface area (Å²) in [6, 6.07) is 14.8. The quantitative estimate of drug-likeness (QED) is 0.185. The van der Waals surface area contributed by atoms with Crippen molar-refractivity contribution in [3.63, 3.8) is 0 Å². The van der Waals surface area contributed by atoms with Gasteiger partial charge in [0.15, 0.2) is 18.1 Å². The third-order valence-corrected chi connectivity index (χ3v) is 5.10. The van der Waals surface area contributed by atoms with Gasteiger partial charge in [-0.25, -0.2) is 10.2 Å². The maximum atomic E-state index is 12.7. The topological polar surface area (TPSA) is 105 Å². The SMILES string of the molecule is COc1cc(C(=O)Oc2cccc(C=NNC(=O)COc3ccc(Cl)cc3C)c2)cc(OC)c1OC. The molecule has 0 radical (unpaired) electrons. The van der Waals surface area contributed by atoms with Gasteiger partial charge in [0, 0.05) is 5.02 Å². The number of hydrogen-bond donors (Lipinski definition) is 1. The molecule has 0 aliphatic heterocycles. The zero-order valence-corrected chi connectivity index (χ0v) is 20.9. The monoisotopic (exact) mass is 512 g/mol. The molecule has 0 aliphatic rings. The highest BCUT2D eigenvalue weighted by Gasteiger charge is 2.18. The standard InChI is InChI=1S/C26H25ClN2O7/c1-16-10-19(27)8-9-21(16)35-15-24(30)29-28-14-17-6-5-7-20(11-17)36-26(31)18-12-22(32-2)25(34-4)23(13-18)33-3/h5-14H,15H2,1-4H3,(H,29,30). The summed E-state index contributed by atoms with van der Waals surface area (Å²) < 4.78 is 26.8. The average Bonchev–Trinajstić information content (AvgIpc) is 2.87. The number of rotatable bonds is 10. The number of ether oxygens (including phenoxy) is 5. The summed E-state index contributed by atoms with van der Waals surface area (Å²) in [5.74, 6) is 0.805. The Morgan fingerprint density at radius 1 is 0.944 bits per heavy atom. The lowest BCUT2D eigenvalue weighted by Gasteiger charge is -2.13. The van der Waals surface area contributed by atoms with Crippen LogP contribution in [0.3, 0.4) is 0 Å². The van der Waals surface area contributed by atoms with Crippen molar-refractivity contribution < 1.29 is 33.3 Å². The fourth-order valence-electron chi connectivity index (χ4n) is 3.15. The van der Waals surface area contributed by atoms with Gasteiger partial charge in [-0.3, -0.25) is 4.79 Å². The highest BCUT2D eigenvalue weighted by atomic mass is 35.5. The van der Waals surface area contributed by atoms with E-state index in [0.29, 0.717) is 33.6 Å². The lowest BCUT2D eigenvalue weighted by atomic mass is 10.1. The molecule has 3 rings (SSSR count). The minimum Gasteiger partial charge on any atom is -0.493 e. The van der Waals surface area contributed by atoms with Crippen LogP contribution in [0.15, 0.2) is 59.7 Å². The van der Waals surface area contributed by atoms with Crippen molar-refractivity contribution >= 4 is 29.7 Å². The maximum Gasteiger partial charge on any atom is 0.343 e. The highest BCUT2D eigenvalue weighted by Crippen LogP contribution is 2.38.